The van der Waals surface area contributed by atoms with Gasteiger partial charge in [-0.3, -0.25) is 4.79 Å². The lowest BCUT2D eigenvalue weighted by Gasteiger charge is -2.36. The van der Waals surface area contributed by atoms with Crippen molar-refractivity contribution < 1.29 is 14.3 Å². The SMILES string of the molecule is CCNC1(C(=O)OCC)CCC(N(C)C2CCOCC2)C1. The molecule has 5 heteroatoms. The standard InChI is InChI=1S/C16H30N2O3/c1-4-17-16(15(19)21-5-2)9-6-14(12-16)18(3)13-7-10-20-11-8-13/h13-14,17H,4-12H2,1-3H3. The lowest BCUT2D eigenvalue weighted by molar-refractivity contribution is -0.151. The first kappa shape index (κ1) is 16.7. The summed E-state index contributed by atoms with van der Waals surface area (Å²) in [7, 11) is 2.20. The Morgan fingerprint density at radius 3 is 2.62 bits per heavy atom. The Balaban J connectivity index is 1.99. The number of hydrogen-bond acceptors (Lipinski definition) is 5. The number of carbonyl (C=O) groups is 1. The van der Waals surface area contributed by atoms with Crippen molar-refractivity contribution in [2.24, 2.45) is 0 Å². The molecular weight excluding hydrogens is 268 g/mol. The van der Waals surface area contributed by atoms with E-state index in [1.54, 1.807) is 0 Å². The van der Waals surface area contributed by atoms with Gasteiger partial charge < -0.3 is 19.7 Å². The maximum Gasteiger partial charge on any atom is 0.326 e. The second kappa shape index (κ2) is 7.56. The van der Waals surface area contributed by atoms with Gasteiger partial charge >= 0.3 is 5.97 Å². The van der Waals surface area contributed by atoms with E-state index in [0.717, 1.165) is 51.9 Å². The van der Waals surface area contributed by atoms with Crippen LogP contribution in [0.3, 0.4) is 0 Å². The van der Waals surface area contributed by atoms with Gasteiger partial charge in [0.25, 0.3) is 0 Å². The zero-order valence-electron chi connectivity index (χ0n) is 13.7. The Morgan fingerprint density at radius 2 is 2.00 bits per heavy atom. The van der Waals surface area contributed by atoms with Gasteiger partial charge in [0.05, 0.1) is 6.61 Å². The Hall–Kier alpha value is -0.650. The quantitative estimate of drug-likeness (QED) is 0.754. The molecule has 0 bridgehead atoms. The molecule has 122 valence electrons. The normalized spacial score (nSPS) is 30.8. The van der Waals surface area contributed by atoms with E-state index in [2.05, 4.69) is 24.2 Å². The zero-order valence-corrected chi connectivity index (χ0v) is 13.7. The smallest absolute Gasteiger partial charge is 0.326 e. The minimum absolute atomic E-state index is 0.0743. The van der Waals surface area contributed by atoms with Crippen LogP contribution < -0.4 is 5.32 Å². The first-order chi connectivity index (χ1) is 10.1. The molecule has 1 aliphatic heterocycles. The van der Waals surface area contributed by atoms with Gasteiger partial charge in [0.2, 0.25) is 0 Å². The van der Waals surface area contributed by atoms with Crippen molar-refractivity contribution >= 4 is 5.97 Å². The number of ether oxygens (including phenoxy) is 2. The molecule has 2 rings (SSSR count). The predicted octanol–water partition coefficient (Wildman–Crippen LogP) is 1.56. The Bertz CT molecular complexity index is 344. The van der Waals surface area contributed by atoms with Crippen LogP contribution in [0.15, 0.2) is 0 Å². The summed E-state index contributed by atoms with van der Waals surface area (Å²) < 4.78 is 10.8. The molecule has 0 amide bonds. The summed E-state index contributed by atoms with van der Waals surface area (Å²) in [6.45, 7) is 6.89. The van der Waals surface area contributed by atoms with Crippen LogP contribution in [0.1, 0.15) is 46.0 Å². The van der Waals surface area contributed by atoms with E-state index in [1.807, 2.05) is 6.92 Å². The fourth-order valence-electron chi connectivity index (χ4n) is 3.78. The molecule has 0 aromatic carbocycles. The highest BCUT2D eigenvalue weighted by atomic mass is 16.5. The summed E-state index contributed by atoms with van der Waals surface area (Å²) in [6.07, 6.45) is 4.98. The van der Waals surface area contributed by atoms with Crippen molar-refractivity contribution in [3.05, 3.63) is 0 Å². The minimum Gasteiger partial charge on any atom is -0.465 e. The van der Waals surface area contributed by atoms with Gasteiger partial charge in [-0.1, -0.05) is 6.92 Å². The third kappa shape index (κ3) is 3.76. The molecule has 1 aliphatic carbocycles. The minimum atomic E-state index is -0.477. The molecule has 1 saturated heterocycles. The number of nitrogens with one attached hydrogen (secondary N) is 1. The molecule has 0 radical (unpaired) electrons. The van der Waals surface area contributed by atoms with Gasteiger partial charge in [-0.2, -0.15) is 0 Å². The molecule has 0 spiro atoms. The number of nitrogens with zero attached hydrogens (tertiary/aromatic N) is 1. The fourth-order valence-corrected chi connectivity index (χ4v) is 3.78. The number of likely N-dealkylation sites (N-methyl/N-ethyl adjacent to an activating group) is 1. The highest BCUT2D eigenvalue weighted by molar-refractivity contribution is 5.81. The van der Waals surface area contributed by atoms with Crippen molar-refractivity contribution in [2.75, 3.05) is 33.4 Å². The first-order valence-corrected chi connectivity index (χ1v) is 8.35. The average molecular weight is 298 g/mol. The van der Waals surface area contributed by atoms with Gasteiger partial charge in [0, 0.05) is 25.3 Å². The van der Waals surface area contributed by atoms with E-state index >= 15 is 0 Å². The third-order valence-electron chi connectivity index (χ3n) is 5.01. The number of esters is 1. The van der Waals surface area contributed by atoms with E-state index in [0.29, 0.717) is 18.7 Å². The maximum atomic E-state index is 12.4. The monoisotopic (exact) mass is 298 g/mol. The van der Waals surface area contributed by atoms with Crippen molar-refractivity contribution in [3.8, 4) is 0 Å². The summed E-state index contributed by atoms with van der Waals surface area (Å²) >= 11 is 0. The van der Waals surface area contributed by atoms with E-state index in [1.165, 1.54) is 0 Å². The van der Waals surface area contributed by atoms with Crippen molar-refractivity contribution in [1.82, 2.24) is 10.2 Å². The lowest BCUT2D eigenvalue weighted by atomic mass is 9.96. The Labute approximate surface area is 128 Å². The lowest BCUT2D eigenvalue weighted by Crippen LogP contribution is -2.52. The number of hydrogen-bond donors (Lipinski definition) is 1. The van der Waals surface area contributed by atoms with Gasteiger partial charge in [-0.15, -0.1) is 0 Å². The molecule has 5 nitrogen and oxygen atoms in total. The number of carbonyl (C=O) groups excluding carboxylic acids is 1. The van der Waals surface area contributed by atoms with Crippen molar-refractivity contribution in [3.63, 3.8) is 0 Å². The topological polar surface area (TPSA) is 50.8 Å². The van der Waals surface area contributed by atoms with Gasteiger partial charge in [-0.05, 0) is 52.6 Å². The highest BCUT2D eigenvalue weighted by Crippen LogP contribution is 2.35. The summed E-state index contributed by atoms with van der Waals surface area (Å²) in [5.41, 5.74) is -0.477. The van der Waals surface area contributed by atoms with Crippen LogP contribution in [0.5, 0.6) is 0 Å². The Kier molecular flexibility index (Phi) is 6.02. The van der Waals surface area contributed by atoms with Crippen LogP contribution in [0.2, 0.25) is 0 Å². The summed E-state index contributed by atoms with van der Waals surface area (Å²) in [4.78, 5) is 14.9. The molecule has 1 N–H and O–H groups in total. The zero-order chi connectivity index (χ0) is 15.3. The van der Waals surface area contributed by atoms with Gasteiger partial charge in [0.15, 0.2) is 0 Å². The van der Waals surface area contributed by atoms with Crippen LogP contribution >= 0.6 is 0 Å². The fraction of sp³-hybridized carbons (Fsp3) is 0.938. The molecule has 2 unspecified atom stereocenters. The van der Waals surface area contributed by atoms with Crippen LogP contribution in [0.25, 0.3) is 0 Å². The molecule has 2 atom stereocenters. The molecule has 1 heterocycles. The van der Waals surface area contributed by atoms with Crippen molar-refractivity contribution in [1.29, 1.82) is 0 Å². The summed E-state index contributed by atoms with van der Waals surface area (Å²) in [6, 6.07) is 1.04. The van der Waals surface area contributed by atoms with Crippen LogP contribution in [-0.2, 0) is 14.3 Å². The largest absolute Gasteiger partial charge is 0.465 e. The second-order valence-electron chi connectivity index (χ2n) is 6.24. The predicted molar refractivity (Wildman–Crippen MR) is 82.3 cm³/mol. The summed E-state index contributed by atoms with van der Waals surface area (Å²) in [5.74, 6) is -0.0743. The first-order valence-electron chi connectivity index (χ1n) is 8.35. The van der Waals surface area contributed by atoms with Crippen LogP contribution in [-0.4, -0.2) is 61.9 Å². The molecule has 0 aromatic heterocycles. The van der Waals surface area contributed by atoms with E-state index in [9.17, 15) is 4.79 Å². The van der Waals surface area contributed by atoms with E-state index < -0.39 is 5.54 Å². The molecule has 21 heavy (non-hydrogen) atoms. The molecule has 0 aromatic rings. The Morgan fingerprint density at radius 1 is 1.29 bits per heavy atom. The second-order valence-corrected chi connectivity index (χ2v) is 6.24. The van der Waals surface area contributed by atoms with Crippen LogP contribution in [0.4, 0.5) is 0 Å². The summed E-state index contributed by atoms with van der Waals surface area (Å²) in [5, 5.41) is 3.40. The molecule has 1 saturated carbocycles. The molecule has 2 fully saturated rings. The molecular formula is C16H30N2O3. The average Bonchev–Trinajstić information content (AvgIpc) is 2.94. The van der Waals surface area contributed by atoms with Gasteiger partial charge in [-0.25, -0.2) is 0 Å². The molecule has 2 aliphatic rings. The highest BCUT2D eigenvalue weighted by Gasteiger charge is 2.47. The van der Waals surface area contributed by atoms with Crippen LogP contribution in [0, 0.1) is 0 Å². The van der Waals surface area contributed by atoms with E-state index in [4.69, 9.17) is 9.47 Å². The third-order valence-corrected chi connectivity index (χ3v) is 5.01. The number of rotatable bonds is 6. The van der Waals surface area contributed by atoms with E-state index in [-0.39, 0.29) is 5.97 Å². The maximum absolute atomic E-state index is 12.4. The van der Waals surface area contributed by atoms with Crippen molar-refractivity contribution in [2.45, 2.75) is 63.6 Å². The van der Waals surface area contributed by atoms with Gasteiger partial charge in [0.1, 0.15) is 5.54 Å².